The van der Waals surface area contributed by atoms with Gasteiger partial charge in [0.1, 0.15) is 11.6 Å². The number of furan rings is 1. The Kier molecular flexibility index (Phi) is 4.32. The van der Waals surface area contributed by atoms with Gasteiger partial charge in [0, 0.05) is 19.0 Å². The zero-order chi connectivity index (χ0) is 13.7. The lowest BCUT2D eigenvalue weighted by Gasteiger charge is -2.12. The molecule has 3 nitrogen and oxygen atoms in total. The molecule has 19 heavy (non-hydrogen) atoms. The fourth-order valence-corrected chi connectivity index (χ4v) is 1.91. The normalized spacial score (nSPS) is 12.1. The molecule has 1 atom stereocenters. The minimum Gasteiger partial charge on any atom is -0.469 e. The lowest BCUT2D eigenvalue weighted by atomic mass is 10.1. The molecule has 2 aromatic rings. The first-order valence-corrected chi connectivity index (χ1v) is 6.12. The van der Waals surface area contributed by atoms with Crippen molar-refractivity contribution < 1.29 is 8.81 Å². The Hall–Kier alpha value is -2.12. The largest absolute Gasteiger partial charge is 0.469 e. The maximum atomic E-state index is 13.3. The Morgan fingerprint density at radius 1 is 1.42 bits per heavy atom. The van der Waals surface area contributed by atoms with Crippen molar-refractivity contribution >= 4 is 0 Å². The highest BCUT2D eigenvalue weighted by molar-refractivity contribution is 5.33. The molecule has 1 N–H and O–H groups in total. The predicted octanol–water partition coefficient (Wildman–Crippen LogP) is 3.01. The molecule has 4 heteroatoms. The van der Waals surface area contributed by atoms with E-state index >= 15 is 0 Å². The topological polar surface area (TPSA) is 49.0 Å². The van der Waals surface area contributed by atoms with Crippen LogP contribution in [0.25, 0.3) is 0 Å². The fraction of sp³-hybridized carbons (Fsp3) is 0.267. The Bertz CT molecular complexity index is 572. The summed E-state index contributed by atoms with van der Waals surface area (Å²) in [7, 11) is 0. The average Bonchev–Trinajstić information content (AvgIpc) is 2.88. The van der Waals surface area contributed by atoms with E-state index < -0.39 is 0 Å². The summed E-state index contributed by atoms with van der Waals surface area (Å²) >= 11 is 0. The third kappa shape index (κ3) is 3.94. The van der Waals surface area contributed by atoms with Crippen LogP contribution in [0.15, 0.2) is 41.0 Å². The van der Waals surface area contributed by atoms with E-state index in [9.17, 15) is 4.39 Å². The van der Waals surface area contributed by atoms with Crippen molar-refractivity contribution in [2.75, 3.05) is 0 Å². The summed E-state index contributed by atoms with van der Waals surface area (Å²) in [4.78, 5) is 0. The van der Waals surface area contributed by atoms with Crippen molar-refractivity contribution in [3.05, 3.63) is 59.3 Å². The summed E-state index contributed by atoms with van der Waals surface area (Å²) in [5.74, 6) is 0.534. The van der Waals surface area contributed by atoms with Crippen LogP contribution in [0.1, 0.15) is 23.8 Å². The molecule has 0 saturated heterocycles. The maximum absolute atomic E-state index is 13.3. The third-order valence-electron chi connectivity index (χ3n) is 2.83. The molecule has 98 valence electrons. The van der Waals surface area contributed by atoms with Gasteiger partial charge in [-0.3, -0.25) is 0 Å². The molecule has 1 aromatic carbocycles. The minimum absolute atomic E-state index is 0.208. The fourth-order valence-electron chi connectivity index (χ4n) is 1.91. The van der Waals surface area contributed by atoms with Gasteiger partial charge in [-0.15, -0.1) is 0 Å². The van der Waals surface area contributed by atoms with Crippen LogP contribution < -0.4 is 5.32 Å². The van der Waals surface area contributed by atoms with Crippen LogP contribution in [-0.4, -0.2) is 6.04 Å². The molecular formula is C15H15FN2O. The number of nitrogens with one attached hydrogen (secondary N) is 1. The van der Waals surface area contributed by atoms with Gasteiger partial charge in [0.15, 0.2) is 0 Å². The number of rotatable bonds is 5. The number of nitriles is 1. The minimum atomic E-state index is -0.380. The lowest BCUT2D eigenvalue weighted by molar-refractivity contribution is 0.456. The van der Waals surface area contributed by atoms with Crippen molar-refractivity contribution in [3.63, 3.8) is 0 Å². The molecular weight excluding hydrogens is 243 g/mol. The molecule has 2 rings (SSSR count). The summed E-state index contributed by atoms with van der Waals surface area (Å²) in [6.07, 6.45) is 2.42. The first-order chi connectivity index (χ1) is 9.17. The van der Waals surface area contributed by atoms with E-state index in [-0.39, 0.29) is 11.9 Å². The van der Waals surface area contributed by atoms with Crippen molar-refractivity contribution in [3.8, 4) is 6.07 Å². The zero-order valence-electron chi connectivity index (χ0n) is 10.7. The Labute approximate surface area is 111 Å². The summed E-state index contributed by atoms with van der Waals surface area (Å²) in [6.45, 7) is 2.56. The van der Waals surface area contributed by atoms with Gasteiger partial charge in [-0.2, -0.15) is 5.26 Å². The van der Waals surface area contributed by atoms with Crippen molar-refractivity contribution in [2.45, 2.75) is 25.9 Å². The summed E-state index contributed by atoms with van der Waals surface area (Å²) in [5.41, 5.74) is 1.11. The molecule has 0 bridgehead atoms. The Morgan fingerprint density at radius 3 is 2.95 bits per heavy atom. The van der Waals surface area contributed by atoms with Crippen LogP contribution in [0, 0.1) is 17.1 Å². The highest BCUT2D eigenvalue weighted by atomic mass is 19.1. The quantitative estimate of drug-likeness (QED) is 0.896. The first kappa shape index (κ1) is 13.3. The summed E-state index contributed by atoms with van der Waals surface area (Å²) in [5, 5.41) is 12.1. The van der Waals surface area contributed by atoms with Gasteiger partial charge in [-0.05, 0) is 42.8 Å². The van der Waals surface area contributed by atoms with Gasteiger partial charge in [0.25, 0.3) is 0 Å². The predicted molar refractivity (Wildman–Crippen MR) is 69.8 cm³/mol. The number of hydrogen-bond acceptors (Lipinski definition) is 3. The number of nitrogens with zero attached hydrogens (tertiary/aromatic N) is 1. The molecule has 0 amide bonds. The summed E-state index contributed by atoms with van der Waals surface area (Å²) < 4.78 is 18.5. The molecule has 0 fully saturated rings. The highest BCUT2D eigenvalue weighted by Crippen LogP contribution is 2.09. The second kappa shape index (κ2) is 6.17. The first-order valence-electron chi connectivity index (χ1n) is 6.12. The smallest absolute Gasteiger partial charge is 0.124 e. The van der Waals surface area contributed by atoms with Crippen LogP contribution in [-0.2, 0) is 13.0 Å². The van der Waals surface area contributed by atoms with E-state index in [1.54, 1.807) is 12.3 Å². The molecule has 0 radical (unpaired) electrons. The Morgan fingerprint density at radius 2 is 2.26 bits per heavy atom. The number of halogens is 1. The van der Waals surface area contributed by atoms with Gasteiger partial charge in [-0.25, -0.2) is 4.39 Å². The van der Waals surface area contributed by atoms with Crippen molar-refractivity contribution in [1.29, 1.82) is 5.26 Å². The Balaban J connectivity index is 1.91. The standard InChI is InChI=1S/C15H15FN2O/c1-11(5-15-3-2-4-19-15)18-10-13-6-12(9-17)7-14(16)8-13/h2-4,6-8,11,18H,5,10H2,1H3. The molecule has 0 spiro atoms. The van der Waals surface area contributed by atoms with Crippen molar-refractivity contribution in [1.82, 2.24) is 5.32 Å². The number of benzene rings is 1. The van der Waals surface area contributed by atoms with E-state index in [2.05, 4.69) is 5.32 Å². The maximum Gasteiger partial charge on any atom is 0.124 e. The zero-order valence-corrected chi connectivity index (χ0v) is 10.7. The molecule has 1 unspecified atom stereocenters. The summed E-state index contributed by atoms with van der Waals surface area (Å²) in [6, 6.07) is 10.3. The SMILES string of the molecule is CC(Cc1ccco1)NCc1cc(F)cc(C#N)c1. The molecule has 0 saturated carbocycles. The van der Waals surface area contributed by atoms with E-state index in [0.29, 0.717) is 12.1 Å². The van der Waals surface area contributed by atoms with Crippen LogP contribution in [0.5, 0.6) is 0 Å². The third-order valence-corrected chi connectivity index (χ3v) is 2.83. The van der Waals surface area contributed by atoms with Crippen LogP contribution in [0.2, 0.25) is 0 Å². The van der Waals surface area contributed by atoms with Gasteiger partial charge in [-0.1, -0.05) is 0 Å². The monoisotopic (exact) mass is 258 g/mol. The van der Waals surface area contributed by atoms with Crippen LogP contribution in [0.3, 0.4) is 0 Å². The van der Waals surface area contributed by atoms with Gasteiger partial charge >= 0.3 is 0 Å². The van der Waals surface area contributed by atoms with Gasteiger partial charge in [0.05, 0.1) is 17.9 Å². The number of hydrogen-bond donors (Lipinski definition) is 1. The molecule has 1 heterocycles. The average molecular weight is 258 g/mol. The van der Waals surface area contributed by atoms with Crippen LogP contribution >= 0.6 is 0 Å². The molecule has 0 aliphatic rings. The van der Waals surface area contributed by atoms with Gasteiger partial charge < -0.3 is 9.73 Å². The van der Waals surface area contributed by atoms with Gasteiger partial charge in [0.2, 0.25) is 0 Å². The molecule has 1 aromatic heterocycles. The van der Waals surface area contributed by atoms with E-state index in [4.69, 9.17) is 9.68 Å². The van der Waals surface area contributed by atoms with E-state index in [1.165, 1.54) is 12.1 Å². The molecule has 0 aliphatic carbocycles. The lowest BCUT2D eigenvalue weighted by Crippen LogP contribution is -2.27. The van der Waals surface area contributed by atoms with E-state index in [1.807, 2.05) is 25.1 Å². The molecule has 0 aliphatic heterocycles. The second-order valence-electron chi connectivity index (χ2n) is 4.53. The highest BCUT2D eigenvalue weighted by Gasteiger charge is 2.06. The van der Waals surface area contributed by atoms with Crippen molar-refractivity contribution in [2.24, 2.45) is 0 Å². The van der Waals surface area contributed by atoms with Crippen LogP contribution in [0.4, 0.5) is 4.39 Å². The van der Waals surface area contributed by atoms with E-state index in [0.717, 1.165) is 17.7 Å². The second-order valence-corrected chi connectivity index (χ2v) is 4.53.